The molecule has 0 aliphatic rings. The second kappa shape index (κ2) is 8.36. The summed E-state index contributed by atoms with van der Waals surface area (Å²) in [5.41, 5.74) is 1.78. The van der Waals surface area contributed by atoms with Crippen molar-refractivity contribution in [2.45, 2.75) is 6.92 Å². The molecule has 0 spiro atoms. The molecule has 0 saturated carbocycles. The van der Waals surface area contributed by atoms with Crippen molar-refractivity contribution in [3.8, 4) is 17.0 Å². The number of anilines is 1. The van der Waals surface area contributed by atoms with Gasteiger partial charge in [0.1, 0.15) is 11.3 Å². The van der Waals surface area contributed by atoms with Gasteiger partial charge in [-0.15, -0.1) is 11.3 Å². The van der Waals surface area contributed by atoms with Gasteiger partial charge < -0.3 is 9.15 Å². The number of nitro groups is 1. The quantitative estimate of drug-likeness (QED) is 0.273. The normalized spacial score (nSPS) is 10.7. The van der Waals surface area contributed by atoms with E-state index in [2.05, 4.69) is 10.3 Å². The molecule has 156 valence electrons. The van der Waals surface area contributed by atoms with E-state index in [9.17, 15) is 19.7 Å². The average Bonchev–Trinajstić information content (AvgIpc) is 3.20. The molecular weight excluding hydrogens is 422 g/mol. The van der Waals surface area contributed by atoms with Crippen LogP contribution in [0.2, 0.25) is 0 Å². The summed E-state index contributed by atoms with van der Waals surface area (Å²) in [5.74, 6) is -0.0430. The summed E-state index contributed by atoms with van der Waals surface area (Å²) in [7, 11) is 0. The van der Waals surface area contributed by atoms with Gasteiger partial charge in [0.05, 0.1) is 10.6 Å². The lowest BCUT2D eigenvalue weighted by Crippen LogP contribution is -2.20. The Balaban J connectivity index is 1.41. The second-order valence-corrected chi connectivity index (χ2v) is 7.45. The molecule has 0 saturated heterocycles. The van der Waals surface area contributed by atoms with Crippen LogP contribution in [0.5, 0.6) is 5.75 Å². The lowest BCUT2D eigenvalue weighted by Gasteiger charge is -2.07. The fourth-order valence-corrected chi connectivity index (χ4v) is 3.68. The number of non-ortho nitro benzene ring substituents is 1. The van der Waals surface area contributed by atoms with Crippen LogP contribution in [0.1, 0.15) is 5.56 Å². The number of fused-ring (bicyclic) bond motifs is 1. The van der Waals surface area contributed by atoms with Crippen molar-refractivity contribution in [2.24, 2.45) is 0 Å². The fraction of sp³-hybridized carbons (Fsp3) is 0.0952. The Morgan fingerprint density at radius 2 is 2.10 bits per heavy atom. The van der Waals surface area contributed by atoms with Crippen LogP contribution in [0.3, 0.4) is 0 Å². The second-order valence-electron chi connectivity index (χ2n) is 6.59. The van der Waals surface area contributed by atoms with Crippen molar-refractivity contribution in [3.63, 3.8) is 0 Å². The summed E-state index contributed by atoms with van der Waals surface area (Å²) in [4.78, 5) is 38.5. The Morgan fingerprint density at radius 1 is 1.26 bits per heavy atom. The highest BCUT2D eigenvalue weighted by Gasteiger charge is 2.12. The maximum atomic E-state index is 12.2. The summed E-state index contributed by atoms with van der Waals surface area (Å²) in [6, 6.07) is 12.5. The number of carbonyl (C=O) groups excluding carboxylic acids is 1. The maximum Gasteiger partial charge on any atom is 0.336 e. The Morgan fingerprint density at radius 3 is 2.90 bits per heavy atom. The zero-order valence-electron chi connectivity index (χ0n) is 16.2. The molecule has 10 heteroatoms. The van der Waals surface area contributed by atoms with Crippen molar-refractivity contribution in [3.05, 3.63) is 80.0 Å². The van der Waals surface area contributed by atoms with Crippen molar-refractivity contribution in [2.75, 3.05) is 11.9 Å². The van der Waals surface area contributed by atoms with Crippen LogP contribution in [0, 0.1) is 17.0 Å². The molecule has 0 aliphatic heterocycles. The van der Waals surface area contributed by atoms with E-state index in [4.69, 9.17) is 9.15 Å². The SMILES string of the molecule is Cc1cc(=O)oc2cc(OCC(=O)Nc3nc(-c4cccc([N+](=O)[O-])c4)cs3)ccc12. The fourth-order valence-electron chi connectivity index (χ4n) is 2.94. The molecule has 1 amide bonds. The molecule has 2 heterocycles. The van der Waals surface area contributed by atoms with Gasteiger partial charge in [-0.1, -0.05) is 12.1 Å². The molecule has 2 aromatic heterocycles. The van der Waals surface area contributed by atoms with Gasteiger partial charge in [-0.2, -0.15) is 0 Å². The summed E-state index contributed by atoms with van der Waals surface area (Å²) in [5, 5.41) is 16.4. The minimum absolute atomic E-state index is 0.0362. The number of amides is 1. The van der Waals surface area contributed by atoms with E-state index in [1.54, 1.807) is 35.7 Å². The highest BCUT2D eigenvalue weighted by atomic mass is 32.1. The molecule has 0 atom stereocenters. The number of aryl methyl sites for hydroxylation is 1. The Kier molecular flexibility index (Phi) is 5.46. The third kappa shape index (κ3) is 4.59. The van der Waals surface area contributed by atoms with Gasteiger partial charge in [-0.05, 0) is 24.6 Å². The van der Waals surface area contributed by atoms with Crippen LogP contribution in [0.4, 0.5) is 10.8 Å². The molecule has 1 N–H and O–H groups in total. The maximum absolute atomic E-state index is 12.2. The summed E-state index contributed by atoms with van der Waals surface area (Å²) < 4.78 is 10.7. The van der Waals surface area contributed by atoms with E-state index in [0.717, 1.165) is 10.9 Å². The van der Waals surface area contributed by atoms with Crippen molar-refractivity contribution in [1.82, 2.24) is 4.98 Å². The lowest BCUT2D eigenvalue weighted by atomic mass is 10.1. The van der Waals surface area contributed by atoms with Gasteiger partial charge in [0, 0.05) is 40.6 Å². The number of carbonyl (C=O) groups is 1. The number of hydrogen-bond donors (Lipinski definition) is 1. The Hall–Kier alpha value is -4.05. The molecule has 0 fully saturated rings. The van der Waals surface area contributed by atoms with Crippen LogP contribution in [0.25, 0.3) is 22.2 Å². The Bertz CT molecular complexity index is 1360. The molecule has 0 radical (unpaired) electrons. The van der Waals surface area contributed by atoms with Gasteiger partial charge >= 0.3 is 5.63 Å². The molecule has 4 aromatic rings. The molecule has 0 bridgehead atoms. The predicted molar refractivity (Wildman–Crippen MR) is 116 cm³/mol. The van der Waals surface area contributed by atoms with Gasteiger partial charge in [0.2, 0.25) is 0 Å². The van der Waals surface area contributed by atoms with Crippen molar-refractivity contribution >= 4 is 39.0 Å². The molecule has 4 rings (SSSR count). The number of ether oxygens (including phenoxy) is 1. The molecule has 0 aliphatic carbocycles. The third-order valence-electron chi connectivity index (χ3n) is 4.40. The number of thiazole rings is 1. The van der Waals surface area contributed by atoms with Gasteiger partial charge in [0.25, 0.3) is 11.6 Å². The number of aromatic nitrogens is 1. The van der Waals surface area contributed by atoms with Crippen LogP contribution >= 0.6 is 11.3 Å². The lowest BCUT2D eigenvalue weighted by molar-refractivity contribution is -0.384. The predicted octanol–water partition coefficient (Wildman–Crippen LogP) is 4.15. The van der Waals surface area contributed by atoms with Crippen molar-refractivity contribution in [1.29, 1.82) is 0 Å². The summed E-state index contributed by atoms with van der Waals surface area (Å²) >= 11 is 1.20. The van der Waals surface area contributed by atoms with E-state index >= 15 is 0 Å². The van der Waals surface area contributed by atoms with Crippen LogP contribution in [0.15, 0.2) is 63.1 Å². The minimum atomic E-state index is -0.477. The van der Waals surface area contributed by atoms with Gasteiger partial charge in [0.15, 0.2) is 11.7 Å². The first-order valence-electron chi connectivity index (χ1n) is 9.06. The molecule has 9 nitrogen and oxygen atoms in total. The average molecular weight is 437 g/mol. The zero-order chi connectivity index (χ0) is 22.0. The number of hydrogen-bond acceptors (Lipinski definition) is 8. The van der Waals surface area contributed by atoms with E-state index in [0.29, 0.717) is 27.7 Å². The highest BCUT2D eigenvalue weighted by molar-refractivity contribution is 7.14. The number of nitrogens with zero attached hydrogens (tertiary/aromatic N) is 2. The minimum Gasteiger partial charge on any atom is -0.484 e. The number of nitrogens with one attached hydrogen (secondary N) is 1. The first-order valence-corrected chi connectivity index (χ1v) is 9.94. The smallest absolute Gasteiger partial charge is 0.336 e. The monoisotopic (exact) mass is 437 g/mol. The van der Waals surface area contributed by atoms with Crippen LogP contribution in [-0.4, -0.2) is 22.4 Å². The van der Waals surface area contributed by atoms with E-state index in [1.165, 1.54) is 29.5 Å². The van der Waals surface area contributed by atoms with Gasteiger partial charge in [-0.3, -0.25) is 20.2 Å². The molecule has 2 aromatic carbocycles. The van der Waals surface area contributed by atoms with E-state index in [-0.39, 0.29) is 12.3 Å². The molecular formula is C21H15N3O6S. The summed E-state index contributed by atoms with van der Waals surface area (Å²) in [6.07, 6.45) is 0. The van der Waals surface area contributed by atoms with Crippen molar-refractivity contribution < 1.29 is 18.9 Å². The first-order chi connectivity index (χ1) is 14.9. The number of benzene rings is 2. The molecule has 31 heavy (non-hydrogen) atoms. The topological polar surface area (TPSA) is 125 Å². The Labute approximate surface area is 179 Å². The zero-order valence-corrected chi connectivity index (χ0v) is 17.0. The summed E-state index contributed by atoms with van der Waals surface area (Å²) in [6.45, 7) is 1.54. The third-order valence-corrected chi connectivity index (χ3v) is 5.15. The first kappa shape index (κ1) is 20.2. The highest BCUT2D eigenvalue weighted by Crippen LogP contribution is 2.27. The van der Waals surface area contributed by atoms with Crippen LogP contribution in [-0.2, 0) is 4.79 Å². The largest absolute Gasteiger partial charge is 0.484 e. The molecule has 0 unspecified atom stereocenters. The van der Waals surface area contributed by atoms with E-state index in [1.807, 2.05) is 6.92 Å². The van der Waals surface area contributed by atoms with Crippen LogP contribution < -0.4 is 15.7 Å². The van der Waals surface area contributed by atoms with E-state index < -0.39 is 16.5 Å². The standard InChI is InChI=1S/C21H15N3O6S/c1-12-7-20(26)30-18-9-15(5-6-16(12)18)29-10-19(25)23-21-22-17(11-31-21)13-3-2-4-14(8-13)24(27)28/h2-9,11H,10H2,1H3,(H,22,23,25). The number of rotatable bonds is 6. The van der Waals surface area contributed by atoms with Gasteiger partial charge in [-0.25, -0.2) is 9.78 Å². The number of nitro benzene ring substituents is 1.